The molecule has 0 saturated heterocycles. The standard InChI is InChI=1S/C19H20N2O2/c1-4-12-21-18(22)16-10-5-6-11-17(16)20-19(21,2)14-8-7-9-15(13-14)23-3/h4-11,13,20H,1,12H2,2-3H3. The van der Waals surface area contributed by atoms with Crippen molar-refractivity contribution >= 4 is 11.6 Å². The summed E-state index contributed by atoms with van der Waals surface area (Å²) in [4.78, 5) is 14.7. The Kier molecular flexibility index (Phi) is 3.82. The summed E-state index contributed by atoms with van der Waals surface area (Å²) >= 11 is 0. The molecule has 1 unspecified atom stereocenters. The number of amides is 1. The number of rotatable bonds is 4. The first-order valence-electron chi connectivity index (χ1n) is 7.55. The van der Waals surface area contributed by atoms with Gasteiger partial charge in [0.05, 0.1) is 12.7 Å². The van der Waals surface area contributed by atoms with Gasteiger partial charge >= 0.3 is 0 Å². The monoisotopic (exact) mass is 308 g/mol. The molecule has 0 aliphatic carbocycles. The van der Waals surface area contributed by atoms with E-state index in [0.717, 1.165) is 17.0 Å². The van der Waals surface area contributed by atoms with Gasteiger partial charge in [-0.15, -0.1) is 6.58 Å². The molecule has 118 valence electrons. The first kappa shape index (κ1) is 15.2. The molecule has 4 nitrogen and oxygen atoms in total. The molecule has 1 aliphatic rings. The maximum atomic E-state index is 13.0. The van der Waals surface area contributed by atoms with E-state index in [1.54, 1.807) is 18.1 Å². The molecule has 2 aromatic rings. The van der Waals surface area contributed by atoms with Crippen molar-refractivity contribution in [3.63, 3.8) is 0 Å². The number of hydrogen-bond donors (Lipinski definition) is 1. The maximum Gasteiger partial charge on any atom is 0.258 e. The van der Waals surface area contributed by atoms with E-state index in [0.29, 0.717) is 12.1 Å². The number of anilines is 1. The van der Waals surface area contributed by atoms with Gasteiger partial charge in [-0.2, -0.15) is 0 Å². The molecule has 4 heteroatoms. The molecule has 23 heavy (non-hydrogen) atoms. The fraction of sp³-hybridized carbons (Fsp3) is 0.211. The van der Waals surface area contributed by atoms with E-state index in [2.05, 4.69) is 11.9 Å². The number of methoxy groups -OCH3 is 1. The minimum atomic E-state index is -0.672. The number of hydrogen-bond acceptors (Lipinski definition) is 3. The summed E-state index contributed by atoms with van der Waals surface area (Å²) in [5.41, 5.74) is 1.80. The highest BCUT2D eigenvalue weighted by Crippen LogP contribution is 2.38. The topological polar surface area (TPSA) is 41.6 Å². The van der Waals surface area contributed by atoms with Crippen molar-refractivity contribution in [2.45, 2.75) is 12.6 Å². The quantitative estimate of drug-likeness (QED) is 0.877. The van der Waals surface area contributed by atoms with Gasteiger partial charge < -0.3 is 15.0 Å². The normalized spacial score (nSPS) is 19.7. The molecule has 1 N–H and O–H groups in total. The van der Waals surface area contributed by atoms with Crippen LogP contribution in [-0.4, -0.2) is 24.5 Å². The van der Waals surface area contributed by atoms with E-state index in [9.17, 15) is 4.79 Å². The number of nitrogens with one attached hydrogen (secondary N) is 1. The maximum absolute atomic E-state index is 13.0. The highest BCUT2D eigenvalue weighted by atomic mass is 16.5. The molecule has 0 spiro atoms. The van der Waals surface area contributed by atoms with Crippen LogP contribution < -0.4 is 10.1 Å². The number of carbonyl (C=O) groups is 1. The second-order valence-corrected chi connectivity index (χ2v) is 5.68. The smallest absolute Gasteiger partial charge is 0.258 e. The van der Waals surface area contributed by atoms with Crippen LogP contribution in [-0.2, 0) is 5.66 Å². The second-order valence-electron chi connectivity index (χ2n) is 5.68. The molecule has 0 aromatic heterocycles. The summed E-state index contributed by atoms with van der Waals surface area (Å²) in [6, 6.07) is 15.3. The van der Waals surface area contributed by atoms with Crippen molar-refractivity contribution < 1.29 is 9.53 Å². The average molecular weight is 308 g/mol. The number of fused-ring (bicyclic) bond motifs is 1. The van der Waals surface area contributed by atoms with E-state index in [1.165, 1.54) is 0 Å². The minimum Gasteiger partial charge on any atom is -0.497 e. The van der Waals surface area contributed by atoms with Crippen LogP contribution in [0.5, 0.6) is 5.75 Å². The first-order valence-corrected chi connectivity index (χ1v) is 7.55. The van der Waals surface area contributed by atoms with Crippen LogP contribution in [0, 0.1) is 0 Å². The molecule has 1 heterocycles. The van der Waals surface area contributed by atoms with Gasteiger partial charge in [0.2, 0.25) is 0 Å². The van der Waals surface area contributed by atoms with E-state index < -0.39 is 5.66 Å². The Morgan fingerprint density at radius 2 is 2.04 bits per heavy atom. The lowest BCUT2D eigenvalue weighted by molar-refractivity contribution is 0.0572. The predicted octanol–water partition coefficient (Wildman–Crippen LogP) is 3.62. The molecule has 1 aliphatic heterocycles. The number of benzene rings is 2. The lowest BCUT2D eigenvalue weighted by Gasteiger charge is -2.46. The molecule has 1 atom stereocenters. The Morgan fingerprint density at radius 1 is 1.26 bits per heavy atom. The molecule has 0 fully saturated rings. The van der Waals surface area contributed by atoms with Crippen LogP contribution in [0.15, 0.2) is 61.2 Å². The summed E-state index contributed by atoms with van der Waals surface area (Å²) in [5.74, 6) is 0.750. The van der Waals surface area contributed by atoms with Gasteiger partial charge in [0.25, 0.3) is 5.91 Å². The zero-order valence-corrected chi connectivity index (χ0v) is 13.4. The van der Waals surface area contributed by atoms with Gasteiger partial charge in [-0.1, -0.05) is 30.3 Å². The van der Waals surface area contributed by atoms with Gasteiger partial charge in [0.15, 0.2) is 0 Å². The van der Waals surface area contributed by atoms with Gasteiger partial charge in [-0.25, -0.2) is 0 Å². The molecule has 3 rings (SSSR count). The van der Waals surface area contributed by atoms with E-state index in [1.807, 2.05) is 55.5 Å². The van der Waals surface area contributed by atoms with Crippen LogP contribution >= 0.6 is 0 Å². The largest absolute Gasteiger partial charge is 0.497 e. The highest BCUT2D eigenvalue weighted by Gasteiger charge is 2.41. The summed E-state index contributed by atoms with van der Waals surface area (Å²) in [6.07, 6.45) is 1.74. The molecule has 0 saturated carbocycles. The lowest BCUT2D eigenvalue weighted by atomic mass is 9.93. The Balaban J connectivity index is 2.14. The molecule has 1 amide bonds. The van der Waals surface area contributed by atoms with Crippen LogP contribution in [0.25, 0.3) is 0 Å². The third kappa shape index (κ3) is 2.46. The number of ether oxygens (including phenoxy) is 1. The number of nitrogens with zero attached hydrogens (tertiary/aromatic N) is 1. The lowest BCUT2D eigenvalue weighted by Crippen LogP contribution is -2.55. The summed E-state index contributed by atoms with van der Waals surface area (Å²) < 4.78 is 5.33. The zero-order chi connectivity index (χ0) is 16.4. The molecule has 0 radical (unpaired) electrons. The fourth-order valence-electron chi connectivity index (χ4n) is 3.01. The Hall–Kier alpha value is -2.75. The van der Waals surface area contributed by atoms with Crippen LogP contribution in [0.2, 0.25) is 0 Å². The van der Waals surface area contributed by atoms with Crippen molar-refractivity contribution in [3.05, 3.63) is 72.3 Å². The van der Waals surface area contributed by atoms with Crippen LogP contribution in [0.4, 0.5) is 5.69 Å². The van der Waals surface area contributed by atoms with Crippen molar-refractivity contribution in [1.82, 2.24) is 4.90 Å². The van der Waals surface area contributed by atoms with Crippen molar-refractivity contribution in [1.29, 1.82) is 0 Å². The van der Waals surface area contributed by atoms with Gasteiger partial charge in [-0.3, -0.25) is 4.79 Å². The fourth-order valence-corrected chi connectivity index (χ4v) is 3.01. The van der Waals surface area contributed by atoms with Crippen molar-refractivity contribution in [3.8, 4) is 5.75 Å². The summed E-state index contributed by atoms with van der Waals surface area (Å²) in [6.45, 7) is 6.24. The van der Waals surface area contributed by atoms with Gasteiger partial charge in [0, 0.05) is 17.8 Å². The Morgan fingerprint density at radius 3 is 2.78 bits per heavy atom. The van der Waals surface area contributed by atoms with Crippen LogP contribution in [0.3, 0.4) is 0 Å². The van der Waals surface area contributed by atoms with Gasteiger partial charge in [0.1, 0.15) is 11.4 Å². The Bertz CT molecular complexity index is 757. The first-order chi connectivity index (χ1) is 11.1. The minimum absolute atomic E-state index is 0.00966. The average Bonchev–Trinajstić information content (AvgIpc) is 2.58. The molecule has 2 aromatic carbocycles. The predicted molar refractivity (Wildman–Crippen MR) is 91.6 cm³/mol. The number of para-hydroxylation sites is 1. The van der Waals surface area contributed by atoms with Gasteiger partial charge in [-0.05, 0) is 31.2 Å². The SMILES string of the molecule is C=CCN1C(=O)c2ccccc2NC1(C)c1cccc(OC)c1. The highest BCUT2D eigenvalue weighted by molar-refractivity contribution is 6.02. The second kappa shape index (κ2) is 5.80. The third-order valence-corrected chi connectivity index (χ3v) is 4.26. The zero-order valence-electron chi connectivity index (χ0n) is 13.4. The summed E-state index contributed by atoms with van der Waals surface area (Å²) in [7, 11) is 1.64. The molecular weight excluding hydrogens is 288 g/mol. The van der Waals surface area contributed by atoms with E-state index in [-0.39, 0.29) is 5.91 Å². The van der Waals surface area contributed by atoms with Crippen molar-refractivity contribution in [2.24, 2.45) is 0 Å². The third-order valence-electron chi connectivity index (χ3n) is 4.26. The van der Waals surface area contributed by atoms with Crippen LogP contribution in [0.1, 0.15) is 22.8 Å². The number of carbonyl (C=O) groups excluding carboxylic acids is 1. The Labute approximate surface area is 136 Å². The summed E-state index contributed by atoms with van der Waals surface area (Å²) in [5, 5.41) is 3.51. The van der Waals surface area contributed by atoms with E-state index in [4.69, 9.17) is 4.74 Å². The van der Waals surface area contributed by atoms with Crippen molar-refractivity contribution in [2.75, 3.05) is 19.0 Å². The molecular formula is C19H20N2O2. The molecule has 0 bridgehead atoms. The van der Waals surface area contributed by atoms with E-state index >= 15 is 0 Å².